The number of carbonyl (C=O) groups is 1. The number of aromatic nitrogens is 1. The Balaban J connectivity index is 2.37. The molecule has 0 fully saturated rings. The number of nitrogens with zero attached hydrogens (tertiary/aromatic N) is 1. The number of hydrogen-bond donors (Lipinski definition) is 0. The largest absolute Gasteiger partial charge is 0.279 e. The molecule has 0 spiro atoms. The molecule has 118 valence electrons. The average Bonchev–Trinajstić information content (AvgIpc) is 2.87. The van der Waals surface area contributed by atoms with Crippen molar-refractivity contribution >= 4 is 16.8 Å². The summed E-state index contributed by atoms with van der Waals surface area (Å²) < 4.78 is 1.89. The highest BCUT2D eigenvalue weighted by Gasteiger charge is 2.27. The molecule has 0 N–H and O–H groups in total. The van der Waals surface area contributed by atoms with Gasteiger partial charge in [-0.25, -0.2) is 0 Å². The Kier molecular flexibility index (Phi) is 3.63. The Bertz CT molecular complexity index is 894. The van der Waals surface area contributed by atoms with Gasteiger partial charge in [0.05, 0.1) is 11.2 Å². The third kappa shape index (κ3) is 2.70. The number of fused-ring (bicyclic) bond motifs is 1. The molecule has 1 heterocycles. The van der Waals surface area contributed by atoms with Gasteiger partial charge >= 0.3 is 0 Å². The standard InChI is InChI=1S/C21H23NO/c1-14-10-11-15(2)17(12-14)19-13-16-8-6-7-9-18(16)22(19)20(23)21(3,4)5/h6-13H,1-5H3. The number of hydrogen-bond acceptors (Lipinski definition) is 1. The van der Waals surface area contributed by atoms with Gasteiger partial charge in [0.2, 0.25) is 5.91 Å². The lowest BCUT2D eigenvalue weighted by Crippen LogP contribution is -2.27. The van der Waals surface area contributed by atoms with Gasteiger partial charge in [-0.05, 0) is 37.6 Å². The minimum Gasteiger partial charge on any atom is -0.279 e. The zero-order chi connectivity index (χ0) is 16.8. The number of benzene rings is 2. The lowest BCUT2D eigenvalue weighted by Gasteiger charge is -2.21. The van der Waals surface area contributed by atoms with Crippen LogP contribution in [0.25, 0.3) is 22.2 Å². The summed E-state index contributed by atoms with van der Waals surface area (Å²) in [4.78, 5) is 13.1. The molecule has 0 bridgehead atoms. The molecule has 0 atom stereocenters. The molecule has 23 heavy (non-hydrogen) atoms. The highest BCUT2D eigenvalue weighted by molar-refractivity contribution is 6.00. The molecule has 2 aromatic carbocycles. The monoisotopic (exact) mass is 305 g/mol. The molecule has 0 aliphatic heterocycles. The first-order valence-electron chi connectivity index (χ1n) is 8.02. The molecule has 0 radical (unpaired) electrons. The summed E-state index contributed by atoms with van der Waals surface area (Å²) in [5.41, 5.74) is 5.02. The molecule has 0 unspecified atom stereocenters. The van der Waals surface area contributed by atoms with Crippen LogP contribution in [0.4, 0.5) is 0 Å². The zero-order valence-electron chi connectivity index (χ0n) is 14.5. The molecule has 0 aliphatic rings. The topological polar surface area (TPSA) is 22.0 Å². The average molecular weight is 305 g/mol. The first kappa shape index (κ1) is 15.5. The van der Waals surface area contributed by atoms with E-state index in [0.717, 1.165) is 22.2 Å². The van der Waals surface area contributed by atoms with Gasteiger partial charge in [-0.2, -0.15) is 0 Å². The van der Waals surface area contributed by atoms with Crippen LogP contribution in [0.2, 0.25) is 0 Å². The second kappa shape index (κ2) is 5.38. The van der Waals surface area contributed by atoms with Crippen LogP contribution in [0.15, 0.2) is 48.5 Å². The van der Waals surface area contributed by atoms with Crippen molar-refractivity contribution in [3.8, 4) is 11.3 Å². The van der Waals surface area contributed by atoms with Gasteiger partial charge in [-0.3, -0.25) is 9.36 Å². The van der Waals surface area contributed by atoms with E-state index in [1.807, 2.05) is 43.5 Å². The van der Waals surface area contributed by atoms with Crippen molar-refractivity contribution in [2.75, 3.05) is 0 Å². The van der Waals surface area contributed by atoms with E-state index in [1.165, 1.54) is 11.1 Å². The van der Waals surface area contributed by atoms with Gasteiger partial charge < -0.3 is 0 Å². The van der Waals surface area contributed by atoms with Gasteiger partial charge in [0.15, 0.2) is 0 Å². The summed E-state index contributed by atoms with van der Waals surface area (Å²) in [7, 11) is 0. The fraction of sp³-hybridized carbons (Fsp3) is 0.286. The van der Waals surface area contributed by atoms with Crippen LogP contribution in [-0.4, -0.2) is 10.5 Å². The van der Waals surface area contributed by atoms with Gasteiger partial charge in [0.1, 0.15) is 0 Å². The molecular formula is C21H23NO. The Labute approximate surface area is 137 Å². The number of aryl methyl sites for hydroxylation is 2. The van der Waals surface area contributed by atoms with Crippen molar-refractivity contribution in [2.45, 2.75) is 34.6 Å². The van der Waals surface area contributed by atoms with E-state index in [4.69, 9.17) is 0 Å². The second-order valence-corrected chi connectivity index (χ2v) is 7.30. The third-order valence-corrected chi connectivity index (χ3v) is 4.22. The molecule has 2 nitrogen and oxygen atoms in total. The van der Waals surface area contributed by atoms with Crippen LogP contribution in [-0.2, 0) is 0 Å². The highest BCUT2D eigenvalue weighted by Crippen LogP contribution is 2.33. The number of rotatable bonds is 1. The zero-order valence-corrected chi connectivity index (χ0v) is 14.5. The summed E-state index contributed by atoms with van der Waals surface area (Å²) in [5.74, 6) is 0.120. The number of carbonyl (C=O) groups excluding carboxylic acids is 1. The van der Waals surface area contributed by atoms with E-state index in [9.17, 15) is 4.79 Å². The molecule has 0 aliphatic carbocycles. The van der Waals surface area contributed by atoms with Crippen LogP contribution in [0, 0.1) is 19.3 Å². The summed E-state index contributed by atoms with van der Waals surface area (Å²) in [6, 6.07) is 16.6. The van der Waals surface area contributed by atoms with E-state index in [2.05, 4.69) is 44.2 Å². The van der Waals surface area contributed by atoms with Crippen molar-refractivity contribution in [3.63, 3.8) is 0 Å². The van der Waals surface area contributed by atoms with Gasteiger partial charge in [-0.15, -0.1) is 0 Å². The fourth-order valence-electron chi connectivity index (χ4n) is 2.92. The Morgan fingerprint density at radius 2 is 1.65 bits per heavy atom. The van der Waals surface area contributed by atoms with E-state index < -0.39 is 5.41 Å². The lowest BCUT2D eigenvalue weighted by molar-refractivity contribution is 0.0775. The number of para-hydroxylation sites is 1. The van der Waals surface area contributed by atoms with Crippen LogP contribution in [0.3, 0.4) is 0 Å². The predicted octanol–water partition coefficient (Wildman–Crippen LogP) is 5.61. The van der Waals surface area contributed by atoms with Crippen molar-refractivity contribution in [2.24, 2.45) is 5.41 Å². The van der Waals surface area contributed by atoms with Crippen molar-refractivity contribution in [3.05, 3.63) is 59.7 Å². The predicted molar refractivity (Wildman–Crippen MR) is 96.9 cm³/mol. The van der Waals surface area contributed by atoms with Crippen molar-refractivity contribution < 1.29 is 4.79 Å². The smallest absolute Gasteiger partial charge is 0.236 e. The summed E-state index contributed by atoms with van der Waals surface area (Å²) >= 11 is 0. The molecule has 3 rings (SSSR count). The summed E-state index contributed by atoms with van der Waals surface area (Å²) in [5, 5.41) is 1.10. The van der Waals surface area contributed by atoms with E-state index in [1.54, 1.807) is 0 Å². The first-order valence-corrected chi connectivity index (χ1v) is 8.02. The van der Waals surface area contributed by atoms with Crippen molar-refractivity contribution in [1.82, 2.24) is 4.57 Å². The highest BCUT2D eigenvalue weighted by atomic mass is 16.2. The van der Waals surface area contributed by atoms with Crippen LogP contribution < -0.4 is 0 Å². The maximum atomic E-state index is 13.1. The molecule has 0 amide bonds. The fourth-order valence-corrected chi connectivity index (χ4v) is 2.92. The van der Waals surface area contributed by atoms with Gasteiger partial charge in [-0.1, -0.05) is 56.7 Å². The molecule has 0 saturated heterocycles. The van der Waals surface area contributed by atoms with Crippen LogP contribution in [0.1, 0.15) is 36.7 Å². The third-order valence-electron chi connectivity index (χ3n) is 4.22. The Morgan fingerprint density at radius 3 is 2.35 bits per heavy atom. The maximum absolute atomic E-state index is 13.1. The second-order valence-electron chi connectivity index (χ2n) is 7.30. The van der Waals surface area contributed by atoms with Crippen molar-refractivity contribution in [1.29, 1.82) is 0 Å². The molecule has 1 aromatic heterocycles. The summed E-state index contributed by atoms with van der Waals surface area (Å²) in [6.07, 6.45) is 0. The van der Waals surface area contributed by atoms with Crippen LogP contribution >= 0.6 is 0 Å². The maximum Gasteiger partial charge on any atom is 0.236 e. The van der Waals surface area contributed by atoms with Gasteiger partial charge in [0.25, 0.3) is 0 Å². The minimum absolute atomic E-state index is 0.120. The van der Waals surface area contributed by atoms with Gasteiger partial charge in [0, 0.05) is 16.4 Å². The van der Waals surface area contributed by atoms with E-state index in [-0.39, 0.29) is 5.91 Å². The van der Waals surface area contributed by atoms with Crippen LogP contribution in [0.5, 0.6) is 0 Å². The lowest BCUT2D eigenvalue weighted by atomic mass is 9.94. The van der Waals surface area contributed by atoms with E-state index >= 15 is 0 Å². The normalized spacial score (nSPS) is 11.9. The molecule has 2 heteroatoms. The quantitative estimate of drug-likeness (QED) is 0.572. The Morgan fingerprint density at radius 1 is 0.957 bits per heavy atom. The summed E-state index contributed by atoms with van der Waals surface area (Å²) in [6.45, 7) is 10.1. The minimum atomic E-state index is -0.436. The Hall–Kier alpha value is -2.35. The molecule has 3 aromatic rings. The molecule has 0 saturated carbocycles. The molecular weight excluding hydrogens is 282 g/mol. The SMILES string of the molecule is Cc1ccc(C)c(-c2cc3ccccc3n2C(=O)C(C)(C)C)c1. The first-order chi connectivity index (χ1) is 10.8. The van der Waals surface area contributed by atoms with E-state index in [0.29, 0.717) is 0 Å².